The topological polar surface area (TPSA) is 30.4 Å². The monoisotopic (exact) mass is 310 g/mol. The first-order valence-electron chi connectivity index (χ1n) is 5.06. The van der Waals surface area contributed by atoms with Crippen molar-refractivity contribution in [3.63, 3.8) is 0 Å². The van der Waals surface area contributed by atoms with E-state index in [0.717, 1.165) is 21.6 Å². The summed E-state index contributed by atoms with van der Waals surface area (Å²) < 4.78 is 8.23. The van der Waals surface area contributed by atoms with E-state index in [4.69, 9.17) is 16.0 Å². The molecular formula is C12H8BrClN2O. The number of halogens is 2. The maximum Gasteiger partial charge on any atom is 0.194 e. The molecule has 0 aromatic carbocycles. The van der Waals surface area contributed by atoms with Gasteiger partial charge < -0.3 is 4.42 Å². The van der Waals surface area contributed by atoms with Crippen LogP contribution in [0.1, 0.15) is 5.69 Å². The molecule has 0 radical (unpaired) electrons. The predicted molar refractivity (Wildman–Crippen MR) is 70.3 cm³/mol. The summed E-state index contributed by atoms with van der Waals surface area (Å²) in [6.45, 7) is 2.02. The Balaban J connectivity index is 2.37. The Morgan fingerprint density at radius 1 is 1.29 bits per heavy atom. The highest BCUT2D eigenvalue weighted by atomic mass is 79.9. The molecule has 3 heterocycles. The Bertz CT molecular complexity index is 702. The van der Waals surface area contributed by atoms with Crippen LogP contribution in [0.4, 0.5) is 0 Å². The zero-order valence-corrected chi connectivity index (χ0v) is 11.3. The fourth-order valence-electron chi connectivity index (χ4n) is 1.86. The van der Waals surface area contributed by atoms with Gasteiger partial charge in [0.15, 0.2) is 16.8 Å². The van der Waals surface area contributed by atoms with Crippen molar-refractivity contribution in [2.75, 3.05) is 0 Å². The zero-order chi connectivity index (χ0) is 12.0. The van der Waals surface area contributed by atoms with Crippen LogP contribution in [0.2, 0.25) is 5.22 Å². The quantitative estimate of drug-likeness (QED) is 0.670. The molecule has 0 aliphatic heterocycles. The molecule has 0 N–H and O–H groups in total. The summed E-state index contributed by atoms with van der Waals surface area (Å²) in [5.41, 5.74) is 2.09. The van der Waals surface area contributed by atoms with Crippen LogP contribution >= 0.6 is 27.5 Å². The van der Waals surface area contributed by atoms with Crippen molar-refractivity contribution in [2.45, 2.75) is 6.92 Å². The molecule has 0 saturated heterocycles. The van der Waals surface area contributed by atoms with Crippen molar-refractivity contribution < 1.29 is 4.42 Å². The minimum absolute atomic E-state index is 0.362. The Kier molecular flexibility index (Phi) is 2.49. The van der Waals surface area contributed by atoms with Gasteiger partial charge in [-0.1, -0.05) is 6.07 Å². The number of aryl methyl sites for hydroxylation is 1. The number of aromatic nitrogens is 2. The third-order valence-corrected chi connectivity index (χ3v) is 3.39. The van der Waals surface area contributed by atoms with Crippen LogP contribution in [0, 0.1) is 6.92 Å². The molecular weight excluding hydrogens is 304 g/mol. The van der Waals surface area contributed by atoms with E-state index in [9.17, 15) is 0 Å². The fourth-order valence-corrected chi connectivity index (χ4v) is 2.48. The van der Waals surface area contributed by atoms with E-state index in [1.165, 1.54) is 0 Å². The molecule has 3 rings (SSSR count). The van der Waals surface area contributed by atoms with Crippen molar-refractivity contribution in [3.8, 4) is 11.6 Å². The number of imidazole rings is 1. The highest BCUT2D eigenvalue weighted by molar-refractivity contribution is 9.10. The summed E-state index contributed by atoms with van der Waals surface area (Å²) in [5, 5.41) is 0.362. The number of pyridine rings is 1. The van der Waals surface area contributed by atoms with Crippen LogP contribution in [-0.4, -0.2) is 9.38 Å². The highest BCUT2D eigenvalue weighted by Gasteiger charge is 2.15. The third kappa shape index (κ3) is 1.68. The minimum Gasteiger partial charge on any atom is -0.441 e. The Morgan fingerprint density at radius 2 is 2.12 bits per heavy atom. The van der Waals surface area contributed by atoms with Gasteiger partial charge in [-0.2, -0.15) is 0 Å². The van der Waals surface area contributed by atoms with Crippen LogP contribution in [0.25, 0.3) is 17.1 Å². The Hall–Kier alpha value is -1.26. The maximum atomic E-state index is 5.79. The van der Waals surface area contributed by atoms with Gasteiger partial charge in [0.25, 0.3) is 0 Å². The van der Waals surface area contributed by atoms with E-state index in [1.807, 2.05) is 35.6 Å². The van der Waals surface area contributed by atoms with E-state index in [1.54, 1.807) is 6.07 Å². The lowest BCUT2D eigenvalue weighted by Crippen LogP contribution is -1.92. The smallest absolute Gasteiger partial charge is 0.194 e. The van der Waals surface area contributed by atoms with E-state index < -0.39 is 0 Å². The van der Waals surface area contributed by atoms with Crippen molar-refractivity contribution in [3.05, 3.63) is 45.8 Å². The molecule has 0 fully saturated rings. The van der Waals surface area contributed by atoms with Crippen molar-refractivity contribution >= 4 is 33.0 Å². The molecule has 0 aliphatic rings. The van der Waals surface area contributed by atoms with Crippen molar-refractivity contribution in [1.82, 2.24) is 9.38 Å². The fraction of sp³-hybridized carbons (Fsp3) is 0.0833. The molecule has 0 saturated carbocycles. The second-order valence-corrected chi connectivity index (χ2v) is 4.84. The van der Waals surface area contributed by atoms with Crippen molar-refractivity contribution in [2.24, 2.45) is 0 Å². The van der Waals surface area contributed by atoms with Crippen LogP contribution in [0.15, 0.2) is 39.4 Å². The van der Waals surface area contributed by atoms with Crippen LogP contribution < -0.4 is 0 Å². The molecule has 0 bridgehead atoms. The highest BCUT2D eigenvalue weighted by Crippen LogP contribution is 2.29. The maximum absolute atomic E-state index is 5.79. The van der Waals surface area contributed by atoms with Crippen LogP contribution in [0.3, 0.4) is 0 Å². The molecule has 0 aliphatic carbocycles. The Labute approximate surface area is 111 Å². The van der Waals surface area contributed by atoms with Gasteiger partial charge in [-0.3, -0.25) is 4.40 Å². The number of furan rings is 1. The zero-order valence-electron chi connectivity index (χ0n) is 8.95. The van der Waals surface area contributed by atoms with Gasteiger partial charge >= 0.3 is 0 Å². The molecule has 0 unspecified atom stereocenters. The predicted octanol–water partition coefficient (Wildman–Crippen LogP) is 4.32. The van der Waals surface area contributed by atoms with Gasteiger partial charge in [-0.15, -0.1) is 0 Å². The molecule has 86 valence electrons. The van der Waals surface area contributed by atoms with Gasteiger partial charge in [-0.05, 0) is 58.7 Å². The number of nitrogens with zero attached hydrogens (tertiary/aromatic N) is 2. The summed E-state index contributed by atoms with van der Waals surface area (Å²) in [7, 11) is 0. The van der Waals surface area contributed by atoms with Gasteiger partial charge in [0.1, 0.15) is 4.60 Å². The molecule has 0 amide bonds. The summed E-state index contributed by atoms with van der Waals surface area (Å²) in [6.07, 6.45) is 0. The SMILES string of the molecule is Cc1cccc2c(Br)nc(-c3ccc(Cl)o3)n12. The third-order valence-electron chi connectivity index (χ3n) is 2.61. The summed E-state index contributed by atoms with van der Waals surface area (Å²) in [6, 6.07) is 9.55. The molecule has 3 aromatic rings. The second kappa shape index (κ2) is 3.89. The largest absolute Gasteiger partial charge is 0.441 e. The number of rotatable bonds is 1. The Morgan fingerprint density at radius 3 is 2.82 bits per heavy atom. The van der Waals surface area contributed by atoms with E-state index in [2.05, 4.69) is 20.9 Å². The minimum atomic E-state index is 0.362. The average Bonchev–Trinajstić information content (AvgIpc) is 2.85. The average molecular weight is 312 g/mol. The van der Waals surface area contributed by atoms with Gasteiger partial charge in [0.2, 0.25) is 0 Å². The standard InChI is InChI=1S/C12H8BrClN2O/c1-7-3-2-4-8-11(13)15-12(16(7)8)9-5-6-10(14)17-9/h2-6H,1H3. The van der Waals surface area contributed by atoms with Gasteiger partial charge in [0, 0.05) is 5.69 Å². The van der Waals surface area contributed by atoms with E-state index in [-0.39, 0.29) is 0 Å². The van der Waals surface area contributed by atoms with Crippen molar-refractivity contribution in [1.29, 1.82) is 0 Å². The molecule has 0 atom stereocenters. The molecule has 17 heavy (non-hydrogen) atoms. The first kappa shape index (κ1) is 10.9. The summed E-state index contributed by atoms with van der Waals surface area (Å²) in [4.78, 5) is 4.46. The van der Waals surface area contributed by atoms with E-state index in [0.29, 0.717) is 11.0 Å². The number of hydrogen-bond donors (Lipinski definition) is 0. The molecule has 0 spiro atoms. The lowest BCUT2D eigenvalue weighted by Gasteiger charge is -2.02. The summed E-state index contributed by atoms with van der Waals surface area (Å²) >= 11 is 9.24. The molecule has 5 heteroatoms. The normalized spacial score (nSPS) is 11.2. The number of hydrogen-bond acceptors (Lipinski definition) is 2. The van der Waals surface area contributed by atoms with Gasteiger partial charge in [-0.25, -0.2) is 4.98 Å². The van der Waals surface area contributed by atoms with Gasteiger partial charge in [0.05, 0.1) is 5.52 Å². The van der Waals surface area contributed by atoms with E-state index >= 15 is 0 Å². The molecule has 3 aromatic heterocycles. The summed E-state index contributed by atoms with van der Waals surface area (Å²) in [5.74, 6) is 1.40. The second-order valence-electron chi connectivity index (χ2n) is 3.72. The lowest BCUT2D eigenvalue weighted by molar-refractivity contribution is 0.578. The van der Waals surface area contributed by atoms with Crippen LogP contribution in [-0.2, 0) is 0 Å². The number of fused-ring (bicyclic) bond motifs is 1. The first-order chi connectivity index (χ1) is 8.16. The molecule has 3 nitrogen and oxygen atoms in total. The lowest BCUT2D eigenvalue weighted by atomic mass is 10.3. The van der Waals surface area contributed by atoms with Crippen LogP contribution in [0.5, 0.6) is 0 Å². The first-order valence-corrected chi connectivity index (χ1v) is 6.23.